The number of anilines is 2. The van der Waals surface area contributed by atoms with E-state index < -0.39 is 12.0 Å². The summed E-state index contributed by atoms with van der Waals surface area (Å²) in [5, 5.41) is 6.14. The van der Waals surface area contributed by atoms with Crippen LogP contribution in [0.25, 0.3) is 0 Å². The van der Waals surface area contributed by atoms with Gasteiger partial charge in [0.05, 0.1) is 12.3 Å². The van der Waals surface area contributed by atoms with Gasteiger partial charge in [0.2, 0.25) is 0 Å². The molecule has 2 aromatic rings. The van der Waals surface area contributed by atoms with Crippen molar-refractivity contribution in [3.63, 3.8) is 0 Å². The van der Waals surface area contributed by atoms with E-state index in [1.165, 1.54) is 0 Å². The molecule has 2 aromatic carbocycles. The number of carbonyl (C=O) groups is 2. The molecule has 2 heterocycles. The molecule has 1 amide bonds. The first-order chi connectivity index (χ1) is 14.6. The number of hydrogen-bond donors (Lipinski definition) is 0. The molecule has 0 N–H and O–H groups in total. The Bertz CT molecular complexity index is 960. The number of para-hydroxylation sites is 2. The average Bonchev–Trinajstić information content (AvgIpc) is 3.14. The lowest BCUT2D eigenvalue weighted by molar-refractivity contribution is -0.135. The highest BCUT2D eigenvalue weighted by molar-refractivity contribution is 6.38. The molecule has 7 nitrogen and oxygen atoms in total. The maximum absolute atomic E-state index is 13.8. The number of ether oxygens (including phenoxy) is 1. The lowest BCUT2D eigenvalue weighted by Crippen LogP contribution is -2.47. The van der Waals surface area contributed by atoms with Crippen LogP contribution in [0.4, 0.5) is 11.4 Å². The van der Waals surface area contributed by atoms with Crippen molar-refractivity contribution in [2.75, 3.05) is 36.7 Å². The third-order valence-electron chi connectivity index (χ3n) is 5.42. The van der Waals surface area contributed by atoms with Crippen LogP contribution in [0.15, 0.2) is 59.7 Å². The standard InChI is InChI=1S/C23H26N4O3/c1-3-30-23(29)19-15-21(27(24-19)18-10-5-4-6-11-18)22(28)26-14-13-25(2)16-17-9-7-8-12-20(17)26/h4-12,21H,3,13-16H2,1-2H3. The van der Waals surface area contributed by atoms with Gasteiger partial charge in [-0.15, -0.1) is 0 Å². The SMILES string of the molecule is CCOC(=O)C1=NN(c2ccccc2)C(C(=O)N2CCN(C)Cc3ccccc32)C1. The van der Waals surface area contributed by atoms with Crippen molar-refractivity contribution in [1.82, 2.24) is 4.90 Å². The number of carbonyl (C=O) groups excluding carboxylic acids is 2. The smallest absolute Gasteiger partial charge is 0.354 e. The summed E-state index contributed by atoms with van der Waals surface area (Å²) >= 11 is 0. The molecule has 1 unspecified atom stereocenters. The van der Waals surface area contributed by atoms with Gasteiger partial charge in [-0.25, -0.2) is 4.79 Å². The monoisotopic (exact) mass is 406 g/mol. The van der Waals surface area contributed by atoms with Crippen molar-refractivity contribution < 1.29 is 14.3 Å². The van der Waals surface area contributed by atoms with Gasteiger partial charge in [-0.2, -0.15) is 5.10 Å². The maximum atomic E-state index is 13.8. The van der Waals surface area contributed by atoms with E-state index in [0.29, 0.717) is 6.54 Å². The van der Waals surface area contributed by atoms with Crippen LogP contribution in [0.1, 0.15) is 18.9 Å². The molecule has 2 aliphatic rings. The van der Waals surface area contributed by atoms with Crippen LogP contribution in [-0.2, 0) is 20.9 Å². The Morgan fingerprint density at radius 1 is 1.07 bits per heavy atom. The number of amides is 1. The number of nitrogens with zero attached hydrogens (tertiary/aromatic N) is 4. The Hall–Kier alpha value is -3.19. The summed E-state index contributed by atoms with van der Waals surface area (Å²) in [6, 6.07) is 16.9. The Balaban J connectivity index is 1.68. The van der Waals surface area contributed by atoms with Crippen molar-refractivity contribution in [2.24, 2.45) is 5.10 Å². The maximum Gasteiger partial charge on any atom is 0.354 e. The number of hydrogen-bond acceptors (Lipinski definition) is 6. The number of likely N-dealkylation sites (N-methyl/N-ethyl adjacent to an activating group) is 1. The molecule has 1 atom stereocenters. The van der Waals surface area contributed by atoms with Crippen LogP contribution in [0.3, 0.4) is 0 Å². The fourth-order valence-electron chi connectivity index (χ4n) is 3.94. The van der Waals surface area contributed by atoms with Crippen molar-refractivity contribution in [3.8, 4) is 0 Å². The fourth-order valence-corrected chi connectivity index (χ4v) is 3.94. The molecule has 0 radical (unpaired) electrons. The van der Waals surface area contributed by atoms with E-state index in [0.717, 1.165) is 30.0 Å². The summed E-state index contributed by atoms with van der Waals surface area (Å²) < 4.78 is 5.15. The van der Waals surface area contributed by atoms with E-state index in [4.69, 9.17) is 4.74 Å². The highest BCUT2D eigenvalue weighted by Gasteiger charge is 2.40. The first-order valence-corrected chi connectivity index (χ1v) is 10.2. The van der Waals surface area contributed by atoms with Gasteiger partial charge in [0.15, 0.2) is 0 Å². The highest BCUT2D eigenvalue weighted by atomic mass is 16.5. The van der Waals surface area contributed by atoms with Gasteiger partial charge in [-0.3, -0.25) is 9.80 Å². The van der Waals surface area contributed by atoms with Crippen LogP contribution < -0.4 is 9.91 Å². The second kappa shape index (κ2) is 8.67. The van der Waals surface area contributed by atoms with Crippen molar-refractivity contribution in [2.45, 2.75) is 25.9 Å². The summed E-state index contributed by atoms with van der Waals surface area (Å²) in [6.45, 7) is 4.17. The predicted molar refractivity (Wildman–Crippen MR) is 117 cm³/mol. The summed E-state index contributed by atoms with van der Waals surface area (Å²) in [6.07, 6.45) is 0.223. The quantitative estimate of drug-likeness (QED) is 0.731. The van der Waals surface area contributed by atoms with Crippen LogP contribution in [0, 0.1) is 0 Å². The Labute approximate surface area is 176 Å². The number of benzene rings is 2. The van der Waals surface area contributed by atoms with Crippen LogP contribution in [0.2, 0.25) is 0 Å². The van der Waals surface area contributed by atoms with Crippen LogP contribution in [-0.4, -0.2) is 55.3 Å². The van der Waals surface area contributed by atoms with Crippen molar-refractivity contribution >= 4 is 29.0 Å². The van der Waals surface area contributed by atoms with Crippen LogP contribution >= 0.6 is 0 Å². The zero-order valence-corrected chi connectivity index (χ0v) is 17.3. The lowest BCUT2D eigenvalue weighted by Gasteiger charge is -2.29. The number of rotatable bonds is 4. The first kappa shape index (κ1) is 20.1. The summed E-state index contributed by atoms with van der Waals surface area (Å²) in [5.41, 5.74) is 3.08. The molecule has 0 bridgehead atoms. The molecule has 0 spiro atoms. The number of fused-ring (bicyclic) bond motifs is 1. The fraction of sp³-hybridized carbons (Fsp3) is 0.348. The van der Waals surface area contributed by atoms with Crippen molar-refractivity contribution in [1.29, 1.82) is 0 Å². The minimum Gasteiger partial charge on any atom is -0.461 e. The molecule has 7 heteroatoms. The zero-order valence-electron chi connectivity index (χ0n) is 17.3. The molecule has 4 rings (SSSR count). The Morgan fingerprint density at radius 3 is 2.57 bits per heavy atom. The second-order valence-corrected chi connectivity index (χ2v) is 7.52. The summed E-state index contributed by atoms with van der Waals surface area (Å²) in [5.74, 6) is -0.533. The van der Waals surface area contributed by atoms with E-state index in [-0.39, 0.29) is 24.6 Å². The molecule has 0 saturated heterocycles. The molecule has 2 aliphatic heterocycles. The van der Waals surface area contributed by atoms with Gasteiger partial charge >= 0.3 is 5.97 Å². The second-order valence-electron chi connectivity index (χ2n) is 7.52. The third kappa shape index (κ3) is 3.93. The molecule has 0 fully saturated rings. The van der Waals surface area contributed by atoms with Gasteiger partial charge in [-0.05, 0) is 37.7 Å². The Kier molecular flexibility index (Phi) is 5.81. The van der Waals surface area contributed by atoms with E-state index in [9.17, 15) is 9.59 Å². The largest absolute Gasteiger partial charge is 0.461 e. The highest BCUT2D eigenvalue weighted by Crippen LogP contribution is 2.30. The van der Waals surface area contributed by atoms with Crippen LogP contribution in [0.5, 0.6) is 0 Å². The zero-order chi connectivity index (χ0) is 21.1. The van der Waals surface area contributed by atoms with Crippen molar-refractivity contribution in [3.05, 3.63) is 60.2 Å². The van der Waals surface area contributed by atoms with Gasteiger partial charge < -0.3 is 14.5 Å². The lowest BCUT2D eigenvalue weighted by atomic mass is 10.1. The normalized spacial score (nSPS) is 19.1. The predicted octanol–water partition coefficient (Wildman–Crippen LogP) is 2.66. The molecule has 0 saturated carbocycles. The minimum atomic E-state index is -0.594. The molecule has 0 aromatic heterocycles. The molecule has 0 aliphatic carbocycles. The minimum absolute atomic E-state index is 0.0651. The van der Waals surface area contributed by atoms with E-state index in [2.05, 4.69) is 23.1 Å². The van der Waals surface area contributed by atoms with Gasteiger partial charge in [0, 0.05) is 31.7 Å². The van der Waals surface area contributed by atoms with Gasteiger partial charge in [0.25, 0.3) is 5.91 Å². The molecule has 30 heavy (non-hydrogen) atoms. The molecular weight excluding hydrogens is 380 g/mol. The van der Waals surface area contributed by atoms with E-state index in [1.54, 1.807) is 11.9 Å². The average molecular weight is 406 g/mol. The topological polar surface area (TPSA) is 65.5 Å². The summed E-state index contributed by atoms with van der Waals surface area (Å²) in [7, 11) is 2.05. The van der Waals surface area contributed by atoms with Gasteiger partial charge in [0.1, 0.15) is 11.8 Å². The first-order valence-electron chi connectivity index (χ1n) is 10.2. The Morgan fingerprint density at radius 2 is 1.80 bits per heavy atom. The summed E-state index contributed by atoms with van der Waals surface area (Å²) in [4.78, 5) is 30.2. The number of esters is 1. The molecule has 156 valence electrons. The van der Waals surface area contributed by atoms with E-state index in [1.807, 2.05) is 53.4 Å². The van der Waals surface area contributed by atoms with E-state index >= 15 is 0 Å². The third-order valence-corrected chi connectivity index (χ3v) is 5.42. The van der Waals surface area contributed by atoms with Gasteiger partial charge in [-0.1, -0.05) is 36.4 Å². The number of hydrazone groups is 1. The molecular formula is C23H26N4O3.